The summed E-state index contributed by atoms with van der Waals surface area (Å²) in [5.41, 5.74) is 0. The van der Waals surface area contributed by atoms with Gasteiger partial charge < -0.3 is 14.2 Å². The van der Waals surface area contributed by atoms with Gasteiger partial charge in [0.25, 0.3) is 0 Å². The monoisotopic (exact) mass is 1010 g/mol. The standard InChI is InChI=1S/C66H118O6/c1-4-7-10-13-16-19-22-25-28-30-31-32-33-34-35-36-39-41-44-47-50-53-56-59-65(68)71-62-63(61-70-64(67)58-55-52-49-46-43-40-37-27-24-21-18-15-12-9-6-3)72-66(69)60-57-54-51-48-45-42-38-29-26-23-20-17-14-11-8-5-2/h9,12,18,21-22,25,27,30-31,37,63H,4-8,10-11,13-17,19-20,23-24,26,28-29,32-36,38-62H2,1-3H3/b12-9-,21-18-,25-22-,31-30-,37-27-. The molecular formula is C66H118O6. The van der Waals surface area contributed by atoms with Crippen molar-refractivity contribution in [3.05, 3.63) is 60.8 Å². The van der Waals surface area contributed by atoms with Gasteiger partial charge in [-0.3, -0.25) is 14.4 Å². The number of carbonyl (C=O) groups excluding carboxylic acids is 3. The Balaban J connectivity index is 4.32. The number of hydrogen-bond acceptors (Lipinski definition) is 6. The fourth-order valence-electron chi connectivity index (χ4n) is 9.08. The van der Waals surface area contributed by atoms with E-state index in [-0.39, 0.29) is 31.1 Å². The van der Waals surface area contributed by atoms with E-state index in [4.69, 9.17) is 14.2 Å². The molecule has 0 aromatic heterocycles. The van der Waals surface area contributed by atoms with Crippen LogP contribution in [0.4, 0.5) is 0 Å². The van der Waals surface area contributed by atoms with Gasteiger partial charge in [0.1, 0.15) is 13.2 Å². The molecule has 1 atom stereocenters. The third-order valence-electron chi connectivity index (χ3n) is 13.8. The zero-order chi connectivity index (χ0) is 52.2. The van der Waals surface area contributed by atoms with Gasteiger partial charge in [0.15, 0.2) is 6.10 Å². The first kappa shape index (κ1) is 69.1. The molecule has 0 aromatic rings. The Morgan fingerprint density at radius 3 is 0.847 bits per heavy atom. The Labute approximate surface area is 447 Å². The zero-order valence-electron chi connectivity index (χ0n) is 47.9. The normalized spacial score (nSPS) is 12.4. The van der Waals surface area contributed by atoms with Crippen molar-refractivity contribution in [3.63, 3.8) is 0 Å². The Kier molecular flexibility index (Phi) is 58.2. The average Bonchev–Trinajstić information content (AvgIpc) is 3.38. The number of rotatable bonds is 57. The molecule has 418 valence electrons. The van der Waals surface area contributed by atoms with Crippen LogP contribution in [-0.2, 0) is 28.6 Å². The molecule has 0 fully saturated rings. The fraction of sp³-hybridized carbons (Fsp3) is 0.803. The van der Waals surface area contributed by atoms with E-state index < -0.39 is 6.10 Å². The van der Waals surface area contributed by atoms with E-state index in [0.29, 0.717) is 19.3 Å². The number of hydrogen-bond donors (Lipinski definition) is 0. The van der Waals surface area contributed by atoms with Gasteiger partial charge in [-0.25, -0.2) is 0 Å². The van der Waals surface area contributed by atoms with Gasteiger partial charge >= 0.3 is 17.9 Å². The Bertz CT molecular complexity index is 1290. The van der Waals surface area contributed by atoms with Gasteiger partial charge in [-0.15, -0.1) is 0 Å². The summed E-state index contributed by atoms with van der Waals surface area (Å²) in [4.78, 5) is 38.3. The summed E-state index contributed by atoms with van der Waals surface area (Å²) in [6, 6.07) is 0. The highest BCUT2D eigenvalue weighted by atomic mass is 16.6. The van der Waals surface area contributed by atoms with Crippen LogP contribution < -0.4 is 0 Å². The summed E-state index contributed by atoms with van der Waals surface area (Å²) in [6.07, 6.45) is 76.5. The Morgan fingerprint density at radius 1 is 0.292 bits per heavy atom. The first-order valence-corrected chi connectivity index (χ1v) is 31.3. The molecule has 0 aliphatic carbocycles. The third kappa shape index (κ3) is 58.0. The van der Waals surface area contributed by atoms with Crippen molar-refractivity contribution >= 4 is 17.9 Å². The van der Waals surface area contributed by atoms with Gasteiger partial charge in [0.05, 0.1) is 0 Å². The molecule has 0 aliphatic heterocycles. The number of carbonyl (C=O) groups is 3. The Hall–Kier alpha value is -2.89. The van der Waals surface area contributed by atoms with Gasteiger partial charge in [0.2, 0.25) is 0 Å². The molecule has 0 amide bonds. The molecule has 0 aliphatic rings. The third-order valence-corrected chi connectivity index (χ3v) is 13.8. The zero-order valence-corrected chi connectivity index (χ0v) is 47.9. The summed E-state index contributed by atoms with van der Waals surface area (Å²) in [5.74, 6) is -0.880. The van der Waals surface area contributed by atoms with Crippen LogP contribution in [0.15, 0.2) is 60.8 Å². The molecule has 0 N–H and O–H groups in total. The molecule has 1 unspecified atom stereocenters. The lowest BCUT2D eigenvalue weighted by molar-refractivity contribution is -0.167. The van der Waals surface area contributed by atoms with Crippen LogP contribution in [0.2, 0.25) is 0 Å². The summed E-state index contributed by atoms with van der Waals surface area (Å²) in [7, 11) is 0. The number of ether oxygens (including phenoxy) is 3. The van der Waals surface area contributed by atoms with E-state index in [2.05, 4.69) is 81.5 Å². The Morgan fingerprint density at radius 2 is 0.542 bits per heavy atom. The van der Waals surface area contributed by atoms with E-state index in [1.165, 1.54) is 180 Å². The number of allylic oxidation sites excluding steroid dienone is 10. The minimum atomic E-state index is -0.781. The molecule has 72 heavy (non-hydrogen) atoms. The SMILES string of the molecule is CC/C=C\C/C=C\C/C=C\CCCCCCCC(=O)OCC(COC(=O)CCCCCCCCCCCCC/C=C\C/C=C\CCCCCCC)OC(=O)CCCCCCCCCCCCCCCCCC. The van der Waals surface area contributed by atoms with Gasteiger partial charge in [0, 0.05) is 19.3 Å². The molecule has 0 heterocycles. The highest BCUT2D eigenvalue weighted by Gasteiger charge is 2.19. The second-order valence-corrected chi connectivity index (χ2v) is 20.9. The van der Waals surface area contributed by atoms with Crippen molar-refractivity contribution in [2.75, 3.05) is 13.2 Å². The van der Waals surface area contributed by atoms with Crippen molar-refractivity contribution in [2.45, 2.75) is 329 Å². The van der Waals surface area contributed by atoms with E-state index in [0.717, 1.165) is 103 Å². The van der Waals surface area contributed by atoms with Crippen molar-refractivity contribution in [2.24, 2.45) is 0 Å². The smallest absolute Gasteiger partial charge is 0.306 e. The average molecular weight is 1010 g/mol. The van der Waals surface area contributed by atoms with Crippen molar-refractivity contribution in [1.29, 1.82) is 0 Å². The minimum absolute atomic E-state index is 0.0779. The van der Waals surface area contributed by atoms with E-state index in [9.17, 15) is 14.4 Å². The predicted molar refractivity (Wildman–Crippen MR) is 312 cm³/mol. The molecule has 6 heteroatoms. The lowest BCUT2D eigenvalue weighted by atomic mass is 10.0. The van der Waals surface area contributed by atoms with Crippen LogP contribution in [0.1, 0.15) is 323 Å². The summed E-state index contributed by atoms with van der Waals surface area (Å²) < 4.78 is 16.9. The molecule has 0 saturated heterocycles. The fourth-order valence-corrected chi connectivity index (χ4v) is 9.08. The molecule has 0 spiro atoms. The van der Waals surface area contributed by atoms with Crippen LogP contribution in [0.25, 0.3) is 0 Å². The molecular weight excluding hydrogens is 889 g/mol. The van der Waals surface area contributed by atoms with Crippen LogP contribution >= 0.6 is 0 Å². The first-order chi connectivity index (χ1) is 35.5. The summed E-state index contributed by atoms with van der Waals surface area (Å²) in [6.45, 7) is 6.55. The van der Waals surface area contributed by atoms with Crippen molar-refractivity contribution < 1.29 is 28.6 Å². The number of unbranched alkanes of at least 4 members (excludes halogenated alkanes) is 36. The molecule has 0 aromatic carbocycles. The molecule has 0 saturated carbocycles. The van der Waals surface area contributed by atoms with Crippen LogP contribution in [0, 0.1) is 0 Å². The topological polar surface area (TPSA) is 78.9 Å². The summed E-state index contributed by atoms with van der Waals surface area (Å²) >= 11 is 0. The van der Waals surface area contributed by atoms with Crippen LogP contribution in [-0.4, -0.2) is 37.2 Å². The quantitative estimate of drug-likeness (QED) is 0.0261. The van der Waals surface area contributed by atoms with Gasteiger partial charge in [-0.05, 0) is 83.5 Å². The molecule has 0 radical (unpaired) electrons. The highest BCUT2D eigenvalue weighted by Crippen LogP contribution is 2.17. The van der Waals surface area contributed by atoms with E-state index >= 15 is 0 Å². The van der Waals surface area contributed by atoms with Crippen LogP contribution in [0.3, 0.4) is 0 Å². The molecule has 0 bridgehead atoms. The van der Waals surface area contributed by atoms with Gasteiger partial charge in [-0.1, -0.05) is 281 Å². The maximum Gasteiger partial charge on any atom is 0.306 e. The maximum atomic E-state index is 12.9. The van der Waals surface area contributed by atoms with Crippen molar-refractivity contribution in [3.8, 4) is 0 Å². The minimum Gasteiger partial charge on any atom is -0.462 e. The predicted octanol–water partition coefficient (Wildman–Crippen LogP) is 21.2. The highest BCUT2D eigenvalue weighted by molar-refractivity contribution is 5.71. The van der Waals surface area contributed by atoms with Crippen molar-refractivity contribution in [1.82, 2.24) is 0 Å². The second kappa shape index (κ2) is 60.7. The van der Waals surface area contributed by atoms with E-state index in [1.54, 1.807) is 0 Å². The van der Waals surface area contributed by atoms with Gasteiger partial charge in [-0.2, -0.15) is 0 Å². The maximum absolute atomic E-state index is 12.9. The number of esters is 3. The van der Waals surface area contributed by atoms with E-state index in [1.807, 2.05) is 0 Å². The molecule has 6 nitrogen and oxygen atoms in total. The lowest BCUT2D eigenvalue weighted by Gasteiger charge is -2.18. The first-order valence-electron chi connectivity index (χ1n) is 31.3. The second-order valence-electron chi connectivity index (χ2n) is 20.9. The summed E-state index contributed by atoms with van der Waals surface area (Å²) in [5, 5.41) is 0. The largest absolute Gasteiger partial charge is 0.462 e. The molecule has 0 rings (SSSR count). The van der Waals surface area contributed by atoms with Crippen LogP contribution in [0.5, 0.6) is 0 Å². The lowest BCUT2D eigenvalue weighted by Crippen LogP contribution is -2.30.